The van der Waals surface area contributed by atoms with E-state index < -0.39 is 12.1 Å². The van der Waals surface area contributed by atoms with Crippen LogP contribution in [0.15, 0.2) is 18.2 Å². The standard InChI is InChI=1S/C11H11ClN4O3/c1-15(2)11(19)16-8-5-6(12)3-4-7(8)13-9(16)14-10(17)18/h3-5H,1-2H3,(H,13,14)(H,17,18). The SMILES string of the molecule is CN(C)C(=O)n1c(NC(=O)O)nc2ccc(Cl)cc21. The van der Waals surface area contributed by atoms with Crippen LogP contribution < -0.4 is 5.32 Å². The molecule has 8 heteroatoms. The highest BCUT2D eigenvalue weighted by atomic mass is 35.5. The minimum absolute atomic E-state index is 0.0662. The molecule has 0 aliphatic carbocycles. The van der Waals surface area contributed by atoms with Crippen LogP contribution in [0.2, 0.25) is 5.02 Å². The summed E-state index contributed by atoms with van der Waals surface area (Å²) in [6.07, 6.45) is -1.30. The third kappa shape index (κ3) is 2.45. The molecule has 19 heavy (non-hydrogen) atoms. The van der Waals surface area contributed by atoms with Crippen LogP contribution in [-0.4, -0.2) is 45.8 Å². The summed E-state index contributed by atoms with van der Waals surface area (Å²) < 4.78 is 1.16. The van der Waals surface area contributed by atoms with Crippen molar-refractivity contribution < 1.29 is 14.7 Å². The fourth-order valence-corrected chi connectivity index (χ4v) is 1.79. The second-order valence-electron chi connectivity index (χ2n) is 4.01. The van der Waals surface area contributed by atoms with Crippen LogP contribution in [0.25, 0.3) is 11.0 Å². The Hall–Kier alpha value is -2.28. The van der Waals surface area contributed by atoms with Crippen molar-refractivity contribution in [2.24, 2.45) is 0 Å². The Kier molecular flexibility index (Phi) is 3.30. The predicted molar refractivity (Wildman–Crippen MR) is 70.9 cm³/mol. The van der Waals surface area contributed by atoms with E-state index in [9.17, 15) is 9.59 Å². The number of fused-ring (bicyclic) bond motifs is 1. The molecular weight excluding hydrogens is 272 g/mol. The fourth-order valence-electron chi connectivity index (χ4n) is 1.62. The molecule has 0 spiro atoms. The molecule has 100 valence electrons. The number of amides is 2. The molecule has 1 heterocycles. The number of carbonyl (C=O) groups is 2. The van der Waals surface area contributed by atoms with Gasteiger partial charge in [-0.3, -0.25) is 5.32 Å². The predicted octanol–water partition coefficient (Wildman–Crippen LogP) is 2.31. The molecule has 7 nitrogen and oxygen atoms in total. The van der Waals surface area contributed by atoms with E-state index in [1.54, 1.807) is 32.3 Å². The van der Waals surface area contributed by atoms with Gasteiger partial charge in [0.1, 0.15) is 0 Å². The topological polar surface area (TPSA) is 87.5 Å². The van der Waals surface area contributed by atoms with Gasteiger partial charge >= 0.3 is 12.1 Å². The Morgan fingerprint density at radius 3 is 2.68 bits per heavy atom. The molecule has 0 aliphatic rings. The van der Waals surface area contributed by atoms with Gasteiger partial charge in [0, 0.05) is 19.1 Å². The van der Waals surface area contributed by atoms with Crippen molar-refractivity contribution in [2.45, 2.75) is 0 Å². The van der Waals surface area contributed by atoms with E-state index in [1.807, 2.05) is 0 Å². The quantitative estimate of drug-likeness (QED) is 0.840. The minimum atomic E-state index is -1.30. The molecule has 0 bridgehead atoms. The van der Waals surface area contributed by atoms with Crippen LogP contribution in [-0.2, 0) is 0 Å². The number of imidazole rings is 1. The van der Waals surface area contributed by atoms with Crippen molar-refractivity contribution >= 4 is 40.7 Å². The number of rotatable bonds is 1. The highest BCUT2D eigenvalue weighted by Gasteiger charge is 2.19. The number of halogens is 1. The van der Waals surface area contributed by atoms with Crippen LogP contribution in [0.4, 0.5) is 15.5 Å². The Balaban J connectivity index is 2.69. The average Bonchev–Trinajstić information content (AvgIpc) is 2.64. The number of carbonyl (C=O) groups excluding carboxylic acids is 1. The smallest absolute Gasteiger partial charge is 0.411 e. The number of anilines is 1. The molecule has 0 aliphatic heterocycles. The molecule has 1 aromatic heterocycles. The summed E-state index contributed by atoms with van der Waals surface area (Å²) in [5, 5.41) is 11.3. The van der Waals surface area contributed by atoms with Gasteiger partial charge in [-0.05, 0) is 18.2 Å². The fraction of sp³-hybridized carbons (Fsp3) is 0.182. The van der Waals surface area contributed by atoms with Gasteiger partial charge in [-0.1, -0.05) is 11.6 Å². The Labute approximate surface area is 113 Å². The third-order valence-corrected chi connectivity index (χ3v) is 2.64. The first-order valence-electron chi connectivity index (χ1n) is 5.29. The second-order valence-corrected chi connectivity index (χ2v) is 4.45. The first-order chi connectivity index (χ1) is 8.90. The van der Waals surface area contributed by atoms with E-state index in [-0.39, 0.29) is 5.95 Å². The van der Waals surface area contributed by atoms with E-state index in [1.165, 1.54) is 4.90 Å². The summed E-state index contributed by atoms with van der Waals surface area (Å²) in [5.74, 6) is -0.0662. The molecule has 2 N–H and O–H groups in total. The maximum atomic E-state index is 12.1. The summed E-state index contributed by atoms with van der Waals surface area (Å²) in [5.41, 5.74) is 0.915. The zero-order valence-corrected chi connectivity index (χ0v) is 11.0. The van der Waals surface area contributed by atoms with Gasteiger partial charge in [-0.25, -0.2) is 19.1 Å². The van der Waals surface area contributed by atoms with Crippen molar-refractivity contribution in [1.29, 1.82) is 0 Å². The zero-order valence-electron chi connectivity index (χ0n) is 10.2. The first-order valence-corrected chi connectivity index (χ1v) is 5.67. The summed E-state index contributed by atoms with van der Waals surface area (Å²) in [6, 6.07) is 4.36. The van der Waals surface area contributed by atoms with Gasteiger partial charge in [-0.15, -0.1) is 0 Å². The van der Waals surface area contributed by atoms with Crippen LogP contribution in [0.3, 0.4) is 0 Å². The molecule has 0 unspecified atom stereocenters. The van der Waals surface area contributed by atoms with Crippen LogP contribution in [0, 0.1) is 0 Å². The molecule has 2 amide bonds. The molecule has 0 saturated carbocycles. The lowest BCUT2D eigenvalue weighted by Crippen LogP contribution is -2.29. The lowest BCUT2D eigenvalue weighted by Gasteiger charge is -2.13. The summed E-state index contributed by atoms with van der Waals surface area (Å²) in [6.45, 7) is 0. The van der Waals surface area contributed by atoms with Crippen LogP contribution in [0.1, 0.15) is 0 Å². The maximum Gasteiger partial charge on any atom is 0.411 e. The van der Waals surface area contributed by atoms with Crippen molar-refractivity contribution in [3.05, 3.63) is 23.2 Å². The van der Waals surface area contributed by atoms with Crippen molar-refractivity contribution in [3.8, 4) is 0 Å². The number of nitrogens with one attached hydrogen (secondary N) is 1. The number of benzene rings is 1. The van der Waals surface area contributed by atoms with Gasteiger partial charge in [0.2, 0.25) is 5.95 Å². The number of hydrogen-bond acceptors (Lipinski definition) is 3. The highest BCUT2D eigenvalue weighted by Crippen LogP contribution is 2.23. The van der Waals surface area contributed by atoms with E-state index in [0.29, 0.717) is 16.1 Å². The molecule has 0 fully saturated rings. The third-order valence-electron chi connectivity index (χ3n) is 2.41. The van der Waals surface area contributed by atoms with Gasteiger partial charge in [0.05, 0.1) is 11.0 Å². The monoisotopic (exact) mass is 282 g/mol. The molecule has 0 saturated heterocycles. The van der Waals surface area contributed by atoms with Crippen LogP contribution in [0.5, 0.6) is 0 Å². The normalized spacial score (nSPS) is 10.5. The van der Waals surface area contributed by atoms with E-state index in [4.69, 9.17) is 16.7 Å². The highest BCUT2D eigenvalue weighted by molar-refractivity contribution is 6.31. The second kappa shape index (κ2) is 4.77. The molecule has 1 aromatic carbocycles. The van der Waals surface area contributed by atoms with Crippen molar-refractivity contribution in [2.75, 3.05) is 19.4 Å². The molecular formula is C11H11ClN4O3. The number of hydrogen-bond donors (Lipinski definition) is 2. The maximum absolute atomic E-state index is 12.1. The molecule has 2 rings (SSSR count). The lowest BCUT2D eigenvalue weighted by atomic mass is 10.3. The Bertz CT molecular complexity index is 665. The van der Waals surface area contributed by atoms with Gasteiger partial charge in [0.15, 0.2) is 0 Å². The van der Waals surface area contributed by atoms with E-state index in [2.05, 4.69) is 10.3 Å². The summed E-state index contributed by atoms with van der Waals surface area (Å²) in [7, 11) is 3.12. The van der Waals surface area contributed by atoms with E-state index >= 15 is 0 Å². The van der Waals surface area contributed by atoms with E-state index in [0.717, 1.165) is 4.57 Å². The largest absolute Gasteiger partial charge is 0.465 e. The Morgan fingerprint density at radius 2 is 2.11 bits per heavy atom. The van der Waals surface area contributed by atoms with Crippen LogP contribution >= 0.6 is 11.6 Å². The lowest BCUT2D eigenvalue weighted by molar-refractivity contribution is 0.209. The molecule has 0 atom stereocenters. The minimum Gasteiger partial charge on any atom is -0.465 e. The average molecular weight is 283 g/mol. The first kappa shape index (κ1) is 13.2. The van der Waals surface area contributed by atoms with Crippen molar-refractivity contribution in [3.63, 3.8) is 0 Å². The summed E-state index contributed by atoms with van der Waals surface area (Å²) >= 11 is 5.89. The van der Waals surface area contributed by atoms with Gasteiger partial charge in [-0.2, -0.15) is 0 Å². The zero-order chi connectivity index (χ0) is 14.2. The van der Waals surface area contributed by atoms with Gasteiger partial charge in [0.25, 0.3) is 0 Å². The van der Waals surface area contributed by atoms with Crippen molar-refractivity contribution in [1.82, 2.24) is 14.5 Å². The number of carboxylic acid groups (broad SMARTS) is 1. The number of nitrogens with zero attached hydrogens (tertiary/aromatic N) is 3. The summed E-state index contributed by atoms with van der Waals surface area (Å²) in [4.78, 5) is 28.2. The molecule has 0 radical (unpaired) electrons. The molecule has 2 aromatic rings. The Morgan fingerprint density at radius 1 is 1.42 bits per heavy atom. The van der Waals surface area contributed by atoms with Gasteiger partial charge < -0.3 is 10.0 Å². The number of aromatic nitrogens is 2.